The predicted molar refractivity (Wildman–Crippen MR) is 48.3 cm³/mol. The smallest absolute Gasteiger partial charge is 0.317 e. The van der Waals surface area contributed by atoms with Crippen LogP contribution in [0.25, 0.3) is 5.76 Å². The van der Waals surface area contributed by atoms with Gasteiger partial charge in [-0.15, -0.1) is 0 Å². The summed E-state index contributed by atoms with van der Waals surface area (Å²) in [7, 11) is 0. The van der Waals surface area contributed by atoms with Gasteiger partial charge in [-0.1, -0.05) is 30.3 Å². The highest BCUT2D eigenvalue weighted by Crippen LogP contribution is 2.25. The van der Waals surface area contributed by atoms with E-state index in [4.69, 9.17) is 10.5 Å². The molecule has 0 amide bonds. The number of hydrogen-bond acceptors (Lipinski definition) is 3. The van der Waals surface area contributed by atoms with E-state index >= 15 is 0 Å². The van der Waals surface area contributed by atoms with Gasteiger partial charge in [-0.2, -0.15) is 0 Å². The third-order valence-electron chi connectivity index (χ3n) is 1.88. The van der Waals surface area contributed by atoms with E-state index in [0.29, 0.717) is 11.5 Å². The van der Waals surface area contributed by atoms with Gasteiger partial charge in [-0.05, 0) is 0 Å². The summed E-state index contributed by atoms with van der Waals surface area (Å²) in [5.41, 5.74) is 7.00. The van der Waals surface area contributed by atoms with Gasteiger partial charge < -0.3 is 10.5 Å². The number of ether oxygens (including phenoxy) is 1. The maximum atomic E-state index is 10.9. The summed E-state index contributed by atoms with van der Waals surface area (Å²) < 4.78 is 4.98. The molecule has 1 aromatic carbocycles. The van der Waals surface area contributed by atoms with Gasteiger partial charge >= 0.3 is 5.97 Å². The standard InChI is InChI=1S/C10H9NO2/c11-8-6-9(12)13-10(8)7-4-2-1-3-5-7/h1-5H,6,11H2. The van der Waals surface area contributed by atoms with Gasteiger partial charge in [0.15, 0.2) is 5.76 Å². The Labute approximate surface area is 75.8 Å². The molecule has 2 rings (SSSR count). The van der Waals surface area contributed by atoms with Crippen LogP contribution in [0.1, 0.15) is 12.0 Å². The second-order valence-corrected chi connectivity index (χ2v) is 2.87. The van der Waals surface area contributed by atoms with Crippen molar-refractivity contribution in [1.82, 2.24) is 0 Å². The van der Waals surface area contributed by atoms with Crippen LogP contribution in [0, 0.1) is 0 Å². The van der Waals surface area contributed by atoms with Crippen molar-refractivity contribution < 1.29 is 9.53 Å². The first-order valence-electron chi connectivity index (χ1n) is 4.02. The zero-order chi connectivity index (χ0) is 9.26. The molecule has 0 fully saturated rings. The molecule has 1 aliphatic rings. The molecule has 1 aromatic rings. The molecule has 1 aliphatic heterocycles. The van der Waals surface area contributed by atoms with Crippen molar-refractivity contribution in [3.8, 4) is 0 Å². The highest BCUT2D eigenvalue weighted by Gasteiger charge is 2.22. The summed E-state index contributed by atoms with van der Waals surface area (Å²) in [5.74, 6) is 0.224. The molecule has 0 radical (unpaired) electrons. The lowest BCUT2D eigenvalue weighted by Gasteiger charge is -2.01. The first-order chi connectivity index (χ1) is 6.27. The van der Waals surface area contributed by atoms with Gasteiger partial charge in [-0.3, -0.25) is 4.79 Å². The Balaban J connectivity index is 2.38. The fourth-order valence-electron chi connectivity index (χ4n) is 1.29. The van der Waals surface area contributed by atoms with Crippen molar-refractivity contribution in [2.75, 3.05) is 0 Å². The molecule has 13 heavy (non-hydrogen) atoms. The summed E-state index contributed by atoms with van der Waals surface area (Å²) in [6.45, 7) is 0. The summed E-state index contributed by atoms with van der Waals surface area (Å²) in [6, 6.07) is 9.38. The molecule has 0 saturated carbocycles. The highest BCUT2D eigenvalue weighted by molar-refractivity contribution is 5.87. The Morgan fingerprint density at radius 2 is 1.92 bits per heavy atom. The molecule has 2 N–H and O–H groups in total. The number of carbonyl (C=O) groups excluding carboxylic acids is 1. The molecule has 0 saturated heterocycles. The highest BCUT2D eigenvalue weighted by atomic mass is 16.5. The van der Waals surface area contributed by atoms with Crippen LogP contribution in [-0.2, 0) is 9.53 Å². The summed E-state index contributed by atoms with van der Waals surface area (Å²) >= 11 is 0. The second-order valence-electron chi connectivity index (χ2n) is 2.87. The lowest BCUT2D eigenvalue weighted by Crippen LogP contribution is -1.96. The van der Waals surface area contributed by atoms with Crippen molar-refractivity contribution in [2.45, 2.75) is 6.42 Å². The molecule has 1 heterocycles. The van der Waals surface area contributed by atoms with Gasteiger partial charge in [-0.25, -0.2) is 0 Å². The van der Waals surface area contributed by atoms with E-state index in [9.17, 15) is 4.79 Å². The molecule has 3 heteroatoms. The summed E-state index contributed by atoms with van der Waals surface area (Å²) in [5, 5.41) is 0. The number of esters is 1. The largest absolute Gasteiger partial charge is 0.424 e. The van der Waals surface area contributed by atoms with Crippen LogP contribution >= 0.6 is 0 Å². The van der Waals surface area contributed by atoms with Crippen molar-refractivity contribution in [2.24, 2.45) is 5.73 Å². The molecule has 0 spiro atoms. The maximum absolute atomic E-state index is 10.9. The average molecular weight is 175 g/mol. The van der Waals surface area contributed by atoms with E-state index in [2.05, 4.69) is 0 Å². The number of cyclic esters (lactones) is 1. The Morgan fingerprint density at radius 3 is 2.46 bits per heavy atom. The minimum atomic E-state index is -0.281. The first-order valence-corrected chi connectivity index (χ1v) is 4.02. The topological polar surface area (TPSA) is 52.3 Å². The Morgan fingerprint density at radius 1 is 1.23 bits per heavy atom. The fraction of sp³-hybridized carbons (Fsp3) is 0.100. The number of carbonyl (C=O) groups is 1. The molecule has 0 atom stereocenters. The van der Waals surface area contributed by atoms with Crippen molar-refractivity contribution in [3.05, 3.63) is 41.6 Å². The zero-order valence-electron chi connectivity index (χ0n) is 6.99. The maximum Gasteiger partial charge on any atom is 0.317 e. The van der Waals surface area contributed by atoms with Crippen molar-refractivity contribution in [1.29, 1.82) is 0 Å². The van der Waals surface area contributed by atoms with Crippen LogP contribution in [0.2, 0.25) is 0 Å². The molecule has 0 unspecified atom stereocenters. The van der Waals surface area contributed by atoms with Crippen molar-refractivity contribution >= 4 is 11.7 Å². The van der Waals surface area contributed by atoms with Crippen LogP contribution in [0.5, 0.6) is 0 Å². The summed E-state index contributed by atoms with van der Waals surface area (Å²) in [4.78, 5) is 10.9. The predicted octanol–water partition coefficient (Wildman–Crippen LogP) is 1.26. The van der Waals surface area contributed by atoms with E-state index in [0.717, 1.165) is 5.56 Å². The van der Waals surface area contributed by atoms with Crippen LogP contribution in [0.4, 0.5) is 0 Å². The van der Waals surface area contributed by atoms with E-state index in [1.165, 1.54) is 0 Å². The Kier molecular flexibility index (Phi) is 1.77. The number of benzene rings is 1. The van der Waals surface area contributed by atoms with Gasteiger partial charge in [0.05, 0.1) is 12.1 Å². The van der Waals surface area contributed by atoms with Crippen molar-refractivity contribution in [3.63, 3.8) is 0 Å². The van der Waals surface area contributed by atoms with E-state index in [1.807, 2.05) is 30.3 Å². The summed E-state index contributed by atoms with van der Waals surface area (Å²) in [6.07, 6.45) is 0.199. The SMILES string of the molecule is NC1=C(c2ccccc2)OC(=O)C1. The third kappa shape index (κ3) is 1.40. The molecular weight excluding hydrogens is 166 g/mol. The van der Waals surface area contributed by atoms with Gasteiger partial charge in [0.25, 0.3) is 0 Å². The lowest BCUT2D eigenvalue weighted by atomic mass is 10.1. The number of rotatable bonds is 1. The monoisotopic (exact) mass is 175 g/mol. The van der Waals surface area contributed by atoms with E-state index < -0.39 is 0 Å². The van der Waals surface area contributed by atoms with Gasteiger partial charge in [0.1, 0.15) is 0 Å². The minimum absolute atomic E-state index is 0.199. The third-order valence-corrected chi connectivity index (χ3v) is 1.88. The molecule has 3 nitrogen and oxygen atoms in total. The average Bonchev–Trinajstić information content (AvgIpc) is 2.47. The van der Waals surface area contributed by atoms with Gasteiger partial charge in [0.2, 0.25) is 0 Å². The fourth-order valence-corrected chi connectivity index (χ4v) is 1.29. The lowest BCUT2D eigenvalue weighted by molar-refractivity contribution is -0.134. The van der Waals surface area contributed by atoms with Crippen LogP contribution in [0.3, 0.4) is 0 Å². The zero-order valence-corrected chi connectivity index (χ0v) is 6.99. The normalized spacial score (nSPS) is 16.2. The molecule has 0 aliphatic carbocycles. The Hall–Kier alpha value is -1.77. The second kappa shape index (κ2) is 2.94. The van der Waals surface area contributed by atoms with Crippen LogP contribution in [0.15, 0.2) is 36.0 Å². The number of hydrogen-bond donors (Lipinski definition) is 1. The molecule has 66 valence electrons. The number of nitrogens with two attached hydrogens (primary N) is 1. The van der Waals surface area contributed by atoms with Crippen LogP contribution < -0.4 is 5.73 Å². The first kappa shape index (κ1) is 7.86. The molecular formula is C10H9NO2. The van der Waals surface area contributed by atoms with E-state index in [1.54, 1.807) is 0 Å². The van der Waals surface area contributed by atoms with E-state index in [-0.39, 0.29) is 12.4 Å². The van der Waals surface area contributed by atoms with Crippen LogP contribution in [-0.4, -0.2) is 5.97 Å². The molecule has 0 aromatic heterocycles. The van der Waals surface area contributed by atoms with Gasteiger partial charge in [0, 0.05) is 5.56 Å². The quantitative estimate of drug-likeness (QED) is 0.654. The Bertz CT molecular complexity index is 368. The molecule has 0 bridgehead atoms. The minimum Gasteiger partial charge on any atom is -0.424 e.